The lowest BCUT2D eigenvalue weighted by Gasteiger charge is -2.34. The summed E-state index contributed by atoms with van der Waals surface area (Å²) in [5, 5.41) is 8.84. The minimum absolute atomic E-state index is 0.144. The van der Waals surface area contributed by atoms with E-state index in [1.807, 2.05) is 4.90 Å². The van der Waals surface area contributed by atoms with Crippen molar-refractivity contribution in [2.45, 2.75) is 26.3 Å². The summed E-state index contributed by atoms with van der Waals surface area (Å²) < 4.78 is 0. The number of rotatable bonds is 5. The van der Waals surface area contributed by atoms with Crippen LogP contribution >= 0.6 is 0 Å². The van der Waals surface area contributed by atoms with E-state index in [0.717, 1.165) is 39.1 Å². The smallest absolute Gasteiger partial charge is 0.317 e. The molecular formula is C15H22N2O2. The maximum atomic E-state index is 10.7. The van der Waals surface area contributed by atoms with Crippen LogP contribution in [-0.2, 0) is 17.8 Å². The molecule has 4 nitrogen and oxygen atoms in total. The molecule has 104 valence electrons. The minimum atomic E-state index is -0.742. The molecule has 4 heteroatoms. The normalized spacial score (nSPS) is 17.5. The number of carbonyl (C=O) groups is 1. The number of carboxylic acid groups (broad SMARTS) is 1. The first kappa shape index (κ1) is 14.0. The first-order valence-corrected chi connectivity index (χ1v) is 6.91. The Kier molecular flexibility index (Phi) is 4.93. The van der Waals surface area contributed by atoms with Crippen molar-refractivity contribution in [3.8, 4) is 0 Å². The summed E-state index contributed by atoms with van der Waals surface area (Å²) >= 11 is 0. The third-order valence-electron chi connectivity index (χ3n) is 3.54. The van der Waals surface area contributed by atoms with Gasteiger partial charge in [-0.1, -0.05) is 31.2 Å². The zero-order valence-corrected chi connectivity index (χ0v) is 11.5. The lowest BCUT2D eigenvalue weighted by molar-refractivity contribution is -0.139. The maximum absolute atomic E-state index is 10.7. The standard InChI is InChI=1S/C15H22N2O2/c1-2-13-4-6-14(7-5-13)10-16-8-3-9-17(12-16)11-15(18)19/h4-7H,2-3,8-12H2,1H3,(H,18,19). The van der Waals surface area contributed by atoms with Crippen LogP contribution in [0.4, 0.5) is 0 Å². The molecule has 1 aliphatic heterocycles. The van der Waals surface area contributed by atoms with Crippen molar-refractivity contribution in [2.75, 3.05) is 26.3 Å². The molecule has 1 aliphatic rings. The Hall–Kier alpha value is -1.39. The number of aliphatic carboxylic acids is 1. The summed E-state index contributed by atoms with van der Waals surface area (Å²) in [7, 11) is 0. The Morgan fingerprint density at radius 3 is 2.42 bits per heavy atom. The van der Waals surface area contributed by atoms with E-state index in [9.17, 15) is 4.79 Å². The predicted molar refractivity (Wildman–Crippen MR) is 74.9 cm³/mol. The van der Waals surface area contributed by atoms with Gasteiger partial charge in [0.15, 0.2) is 0 Å². The van der Waals surface area contributed by atoms with E-state index >= 15 is 0 Å². The largest absolute Gasteiger partial charge is 0.480 e. The van der Waals surface area contributed by atoms with Gasteiger partial charge in [0.1, 0.15) is 0 Å². The van der Waals surface area contributed by atoms with E-state index in [-0.39, 0.29) is 6.54 Å². The predicted octanol–water partition coefficient (Wildman–Crippen LogP) is 1.80. The van der Waals surface area contributed by atoms with Crippen LogP contribution in [0, 0.1) is 0 Å². The molecule has 0 atom stereocenters. The van der Waals surface area contributed by atoms with Crippen LogP contribution in [0.1, 0.15) is 24.5 Å². The van der Waals surface area contributed by atoms with Gasteiger partial charge >= 0.3 is 5.97 Å². The fourth-order valence-corrected chi connectivity index (χ4v) is 2.53. The monoisotopic (exact) mass is 262 g/mol. The lowest BCUT2D eigenvalue weighted by atomic mass is 10.1. The Bertz CT molecular complexity index is 417. The molecule has 0 aliphatic carbocycles. The number of benzene rings is 1. The van der Waals surface area contributed by atoms with E-state index < -0.39 is 5.97 Å². The summed E-state index contributed by atoms with van der Waals surface area (Å²) in [5.74, 6) is -0.742. The zero-order valence-electron chi connectivity index (χ0n) is 11.5. The Labute approximate surface area is 114 Å². The van der Waals surface area contributed by atoms with Crippen molar-refractivity contribution < 1.29 is 9.90 Å². The molecule has 1 saturated heterocycles. The highest BCUT2D eigenvalue weighted by Gasteiger charge is 2.19. The summed E-state index contributed by atoms with van der Waals surface area (Å²) in [6.07, 6.45) is 2.11. The van der Waals surface area contributed by atoms with E-state index in [1.165, 1.54) is 11.1 Å². The van der Waals surface area contributed by atoms with Crippen LogP contribution in [-0.4, -0.2) is 47.2 Å². The number of hydrogen-bond acceptors (Lipinski definition) is 3. The highest BCUT2D eigenvalue weighted by molar-refractivity contribution is 5.69. The number of hydrogen-bond donors (Lipinski definition) is 1. The van der Waals surface area contributed by atoms with Crippen molar-refractivity contribution in [3.63, 3.8) is 0 Å². The quantitative estimate of drug-likeness (QED) is 0.879. The van der Waals surface area contributed by atoms with Crippen molar-refractivity contribution >= 4 is 5.97 Å². The van der Waals surface area contributed by atoms with Gasteiger partial charge in [0.05, 0.1) is 13.2 Å². The van der Waals surface area contributed by atoms with Crippen LogP contribution in [0.25, 0.3) is 0 Å². The first-order chi connectivity index (χ1) is 9.17. The van der Waals surface area contributed by atoms with Gasteiger partial charge in [0.25, 0.3) is 0 Å². The van der Waals surface area contributed by atoms with Gasteiger partial charge in [0, 0.05) is 19.6 Å². The minimum Gasteiger partial charge on any atom is -0.480 e. The van der Waals surface area contributed by atoms with Crippen LogP contribution < -0.4 is 0 Å². The zero-order chi connectivity index (χ0) is 13.7. The van der Waals surface area contributed by atoms with Crippen LogP contribution in [0.3, 0.4) is 0 Å². The van der Waals surface area contributed by atoms with Gasteiger partial charge in [0.2, 0.25) is 0 Å². The molecular weight excluding hydrogens is 240 g/mol. The van der Waals surface area contributed by atoms with Crippen molar-refractivity contribution in [1.29, 1.82) is 0 Å². The molecule has 0 aromatic heterocycles. The number of aryl methyl sites for hydroxylation is 1. The molecule has 19 heavy (non-hydrogen) atoms. The molecule has 1 aromatic rings. The number of carboxylic acids is 1. The van der Waals surface area contributed by atoms with E-state index in [0.29, 0.717) is 0 Å². The molecule has 0 amide bonds. The maximum Gasteiger partial charge on any atom is 0.317 e. The van der Waals surface area contributed by atoms with Crippen LogP contribution in [0.15, 0.2) is 24.3 Å². The van der Waals surface area contributed by atoms with E-state index in [1.54, 1.807) is 0 Å². The molecule has 0 radical (unpaired) electrons. The average Bonchev–Trinajstić information content (AvgIpc) is 2.39. The summed E-state index contributed by atoms with van der Waals surface area (Å²) in [6, 6.07) is 8.70. The topological polar surface area (TPSA) is 43.8 Å². The molecule has 0 bridgehead atoms. The molecule has 0 spiro atoms. The third kappa shape index (κ3) is 4.33. The second-order valence-corrected chi connectivity index (χ2v) is 5.16. The number of nitrogens with zero attached hydrogens (tertiary/aromatic N) is 2. The SMILES string of the molecule is CCc1ccc(CN2CCCN(CC(=O)O)C2)cc1. The summed E-state index contributed by atoms with van der Waals surface area (Å²) in [6.45, 7) is 5.89. The molecule has 0 unspecified atom stereocenters. The highest BCUT2D eigenvalue weighted by Crippen LogP contribution is 2.12. The Morgan fingerprint density at radius 2 is 1.79 bits per heavy atom. The van der Waals surface area contributed by atoms with E-state index in [4.69, 9.17) is 5.11 Å². The summed E-state index contributed by atoms with van der Waals surface area (Å²) in [4.78, 5) is 15.0. The average molecular weight is 262 g/mol. The van der Waals surface area contributed by atoms with Gasteiger partial charge in [-0.3, -0.25) is 14.6 Å². The fraction of sp³-hybridized carbons (Fsp3) is 0.533. The second-order valence-electron chi connectivity index (χ2n) is 5.16. The fourth-order valence-electron chi connectivity index (χ4n) is 2.53. The van der Waals surface area contributed by atoms with Gasteiger partial charge in [-0.15, -0.1) is 0 Å². The molecule has 1 N–H and O–H groups in total. The third-order valence-corrected chi connectivity index (χ3v) is 3.54. The van der Waals surface area contributed by atoms with Gasteiger partial charge in [-0.25, -0.2) is 0 Å². The Morgan fingerprint density at radius 1 is 1.16 bits per heavy atom. The molecule has 1 aromatic carbocycles. The van der Waals surface area contributed by atoms with Gasteiger partial charge in [-0.2, -0.15) is 0 Å². The van der Waals surface area contributed by atoms with Crippen molar-refractivity contribution in [2.24, 2.45) is 0 Å². The molecule has 0 saturated carbocycles. The molecule has 2 rings (SSSR count). The second kappa shape index (κ2) is 6.68. The van der Waals surface area contributed by atoms with Gasteiger partial charge < -0.3 is 5.11 Å². The van der Waals surface area contributed by atoms with Crippen LogP contribution in [0.2, 0.25) is 0 Å². The molecule has 1 heterocycles. The van der Waals surface area contributed by atoms with Gasteiger partial charge in [-0.05, 0) is 24.0 Å². The first-order valence-electron chi connectivity index (χ1n) is 6.91. The lowest BCUT2D eigenvalue weighted by Crippen LogP contribution is -2.46. The van der Waals surface area contributed by atoms with Crippen molar-refractivity contribution in [3.05, 3.63) is 35.4 Å². The summed E-state index contributed by atoms with van der Waals surface area (Å²) in [5.41, 5.74) is 2.66. The van der Waals surface area contributed by atoms with Crippen LogP contribution in [0.5, 0.6) is 0 Å². The Balaban J connectivity index is 1.88. The van der Waals surface area contributed by atoms with Crippen molar-refractivity contribution in [1.82, 2.24) is 9.80 Å². The molecule has 1 fully saturated rings. The highest BCUT2D eigenvalue weighted by atomic mass is 16.4. The van der Waals surface area contributed by atoms with E-state index in [2.05, 4.69) is 36.1 Å².